The minimum atomic E-state index is -1.70. The van der Waals surface area contributed by atoms with E-state index in [4.69, 9.17) is 9.47 Å². The summed E-state index contributed by atoms with van der Waals surface area (Å²) in [6.45, 7) is 3.46. The van der Waals surface area contributed by atoms with E-state index >= 15 is 0 Å². The Morgan fingerprint density at radius 2 is 2.00 bits per heavy atom. The molecule has 1 saturated carbocycles. The van der Waals surface area contributed by atoms with Gasteiger partial charge in [-0.25, -0.2) is 4.79 Å². The number of rotatable bonds is 1. The highest BCUT2D eigenvalue weighted by Gasteiger charge is 2.56. The number of hydrogen-bond acceptors (Lipinski definition) is 6. The van der Waals surface area contributed by atoms with Crippen molar-refractivity contribution in [1.29, 1.82) is 0 Å². The number of esters is 1. The van der Waals surface area contributed by atoms with Crippen LogP contribution < -0.4 is 0 Å². The second kappa shape index (κ2) is 3.91. The number of ether oxygens (including phenoxy) is 3. The maximum Gasteiger partial charge on any atom is 0.338 e. The molecule has 1 aliphatic carbocycles. The lowest BCUT2D eigenvalue weighted by Gasteiger charge is -2.37. The van der Waals surface area contributed by atoms with Gasteiger partial charge >= 0.3 is 5.97 Å². The second-order valence-corrected chi connectivity index (χ2v) is 5.14. The predicted molar refractivity (Wildman–Crippen MR) is 56.0 cm³/mol. The Morgan fingerprint density at radius 1 is 1.35 bits per heavy atom. The van der Waals surface area contributed by atoms with Gasteiger partial charge in [0, 0.05) is 12.8 Å². The van der Waals surface area contributed by atoms with E-state index in [2.05, 4.69) is 4.74 Å². The first kappa shape index (κ1) is 12.8. The second-order valence-electron chi connectivity index (χ2n) is 5.14. The predicted octanol–water partition coefficient (Wildman–Crippen LogP) is -0.435. The average Bonchev–Trinajstić information content (AvgIpc) is 2.51. The summed E-state index contributed by atoms with van der Waals surface area (Å²) in [7, 11) is 1.20. The fourth-order valence-electron chi connectivity index (χ4n) is 2.58. The molecule has 0 aromatic rings. The molecule has 0 aromatic carbocycles. The smallest absolute Gasteiger partial charge is 0.338 e. The molecule has 2 N–H and O–H groups in total. The monoisotopic (exact) mass is 246 g/mol. The van der Waals surface area contributed by atoms with Crippen LogP contribution in [0.2, 0.25) is 0 Å². The molecule has 1 heterocycles. The van der Waals surface area contributed by atoms with Crippen molar-refractivity contribution in [3.05, 3.63) is 0 Å². The van der Waals surface area contributed by atoms with Crippen LogP contribution in [0.25, 0.3) is 0 Å². The Kier molecular flexibility index (Phi) is 2.94. The van der Waals surface area contributed by atoms with Gasteiger partial charge in [-0.05, 0) is 13.8 Å². The normalized spacial score (nSPS) is 44.2. The van der Waals surface area contributed by atoms with Gasteiger partial charge in [-0.1, -0.05) is 0 Å². The van der Waals surface area contributed by atoms with Crippen LogP contribution in [0.3, 0.4) is 0 Å². The largest absolute Gasteiger partial charge is 0.467 e. The standard InChI is InChI=1S/C11H18O6/c1-10(2)16-7-5-11(14,9(13)15-3)4-6(12)8(7)17-10/h6-8,12,14H,4-5H2,1-3H3/t6-,7?,8?,11-/m1/s1. The molecule has 17 heavy (non-hydrogen) atoms. The molecular weight excluding hydrogens is 228 g/mol. The van der Waals surface area contributed by atoms with E-state index < -0.39 is 35.7 Å². The topological polar surface area (TPSA) is 85.2 Å². The summed E-state index contributed by atoms with van der Waals surface area (Å²) in [4.78, 5) is 11.5. The van der Waals surface area contributed by atoms with Crippen molar-refractivity contribution in [3.8, 4) is 0 Å². The highest BCUT2D eigenvalue weighted by Crippen LogP contribution is 2.41. The van der Waals surface area contributed by atoms with Gasteiger partial charge in [0.2, 0.25) is 0 Å². The van der Waals surface area contributed by atoms with Crippen LogP contribution >= 0.6 is 0 Å². The van der Waals surface area contributed by atoms with E-state index in [1.54, 1.807) is 13.8 Å². The van der Waals surface area contributed by atoms with Crippen molar-refractivity contribution < 1.29 is 29.2 Å². The van der Waals surface area contributed by atoms with Gasteiger partial charge in [0.05, 0.1) is 19.3 Å². The van der Waals surface area contributed by atoms with Gasteiger partial charge in [0.15, 0.2) is 11.4 Å². The minimum Gasteiger partial charge on any atom is -0.467 e. The zero-order valence-corrected chi connectivity index (χ0v) is 10.2. The van der Waals surface area contributed by atoms with Crippen LogP contribution in [-0.2, 0) is 19.0 Å². The molecule has 0 spiro atoms. The molecule has 2 fully saturated rings. The summed E-state index contributed by atoms with van der Waals surface area (Å²) < 4.78 is 15.6. The summed E-state index contributed by atoms with van der Waals surface area (Å²) in [5.74, 6) is -1.55. The number of carbonyl (C=O) groups excluding carboxylic acids is 1. The Morgan fingerprint density at radius 3 is 2.59 bits per heavy atom. The molecule has 6 nitrogen and oxygen atoms in total. The zero-order chi connectivity index (χ0) is 12.8. The molecule has 0 bridgehead atoms. The zero-order valence-electron chi connectivity index (χ0n) is 10.2. The number of fused-ring (bicyclic) bond motifs is 1. The van der Waals surface area contributed by atoms with Gasteiger partial charge in [-0.2, -0.15) is 0 Å². The van der Waals surface area contributed by atoms with Gasteiger partial charge in [0.25, 0.3) is 0 Å². The van der Waals surface area contributed by atoms with Crippen molar-refractivity contribution in [2.45, 2.75) is 56.4 Å². The Balaban J connectivity index is 2.18. The lowest BCUT2D eigenvalue weighted by molar-refractivity contribution is -0.179. The summed E-state index contributed by atoms with van der Waals surface area (Å²) in [6, 6.07) is 0. The first-order valence-electron chi connectivity index (χ1n) is 5.62. The Hall–Kier alpha value is -0.690. The van der Waals surface area contributed by atoms with E-state index in [0.29, 0.717) is 0 Å². The number of hydrogen-bond donors (Lipinski definition) is 2. The number of carbonyl (C=O) groups is 1. The van der Waals surface area contributed by atoms with Crippen molar-refractivity contribution in [2.75, 3.05) is 7.11 Å². The van der Waals surface area contributed by atoms with Crippen molar-refractivity contribution in [1.82, 2.24) is 0 Å². The molecule has 6 heteroatoms. The lowest BCUT2D eigenvalue weighted by atomic mass is 9.80. The van der Waals surface area contributed by atoms with Crippen molar-refractivity contribution in [2.24, 2.45) is 0 Å². The van der Waals surface area contributed by atoms with Crippen LogP contribution in [0.5, 0.6) is 0 Å². The number of aliphatic hydroxyl groups excluding tert-OH is 1. The molecule has 0 amide bonds. The van der Waals surface area contributed by atoms with Gasteiger partial charge in [-0.3, -0.25) is 0 Å². The highest BCUT2D eigenvalue weighted by molar-refractivity contribution is 5.79. The molecule has 1 saturated heterocycles. The fraction of sp³-hybridized carbons (Fsp3) is 0.909. The van der Waals surface area contributed by atoms with E-state index in [1.807, 2.05) is 0 Å². The van der Waals surface area contributed by atoms with E-state index in [-0.39, 0.29) is 12.8 Å². The highest BCUT2D eigenvalue weighted by atomic mass is 16.8. The first-order chi connectivity index (χ1) is 7.77. The van der Waals surface area contributed by atoms with E-state index in [0.717, 1.165) is 0 Å². The van der Waals surface area contributed by atoms with Crippen LogP contribution in [0, 0.1) is 0 Å². The lowest BCUT2D eigenvalue weighted by Crippen LogP contribution is -2.55. The Bertz CT molecular complexity index is 328. The fourth-order valence-corrected chi connectivity index (χ4v) is 2.58. The van der Waals surface area contributed by atoms with Crippen molar-refractivity contribution >= 4 is 5.97 Å². The average molecular weight is 246 g/mol. The molecule has 2 rings (SSSR count). The minimum absolute atomic E-state index is 0.0742. The maximum absolute atomic E-state index is 11.5. The third-order valence-corrected chi connectivity index (χ3v) is 3.25. The van der Waals surface area contributed by atoms with Crippen LogP contribution in [-0.4, -0.2) is 53.0 Å². The van der Waals surface area contributed by atoms with Crippen LogP contribution in [0.4, 0.5) is 0 Å². The molecule has 4 atom stereocenters. The van der Waals surface area contributed by atoms with Crippen LogP contribution in [0.1, 0.15) is 26.7 Å². The third kappa shape index (κ3) is 2.18. The molecule has 1 aliphatic heterocycles. The quantitative estimate of drug-likeness (QED) is 0.610. The summed E-state index contributed by atoms with van der Waals surface area (Å²) in [6.07, 6.45) is -1.97. The van der Waals surface area contributed by atoms with Crippen LogP contribution in [0.15, 0.2) is 0 Å². The SMILES string of the molecule is COC(=O)[C@]1(O)CC2OC(C)(C)OC2[C@H](O)C1. The maximum atomic E-state index is 11.5. The third-order valence-electron chi connectivity index (χ3n) is 3.25. The molecular formula is C11H18O6. The van der Waals surface area contributed by atoms with Crippen molar-refractivity contribution in [3.63, 3.8) is 0 Å². The molecule has 2 unspecified atom stereocenters. The van der Waals surface area contributed by atoms with Gasteiger partial charge in [0.1, 0.15) is 6.10 Å². The molecule has 0 radical (unpaired) electrons. The summed E-state index contributed by atoms with van der Waals surface area (Å²) >= 11 is 0. The Labute approximate surface area is 99.5 Å². The first-order valence-corrected chi connectivity index (χ1v) is 5.62. The summed E-state index contributed by atoms with van der Waals surface area (Å²) in [5.41, 5.74) is -1.70. The van der Waals surface area contributed by atoms with E-state index in [9.17, 15) is 15.0 Å². The van der Waals surface area contributed by atoms with Gasteiger partial charge < -0.3 is 24.4 Å². The number of methoxy groups -OCH3 is 1. The molecule has 0 aromatic heterocycles. The van der Waals surface area contributed by atoms with E-state index in [1.165, 1.54) is 7.11 Å². The van der Waals surface area contributed by atoms with Gasteiger partial charge in [-0.15, -0.1) is 0 Å². The summed E-state index contributed by atoms with van der Waals surface area (Å²) in [5, 5.41) is 20.1. The molecule has 98 valence electrons. The molecule has 2 aliphatic rings. The number of aliphatic hydroxyl groups is 2.